The summed E-state index contributed by atoms with van der Waals surface area (Å²) < 4.78 is 1.81. The lowest BCUT2D eigenvalue weighted by molar-refractivity contribution is 0.806. The maximum atomic E-state index is 4.44. The molecule has 0 radical (unpaired) electrons. The normalized spacial score (nSPS) is 18.0. The first-order chi connectivity index (χ1) is 7.15. The van der Waals surface area contributed by atoms with Crippen molar-refractivity contribution in [2.75, 3.05) is 5.32 Å². The van der Waals surface area contributed by atoms with E-state index in [-0.39, 0.29) is 5.54 Å². The molecule has 78 valence electrons. The van der Waals surface area contributed by atoms with Crippen molar-refractivity contribution in [3.05, 3.63) is 23.9 Å². The lowest BCUT2D eigenvalue weighted by Crippen LogP contribution is -2.16. The van der Waals surface area contributed by atoms with Crippen molar-refractivity contribution in [1.29, 1.82) is 0 Å². The Balaban J connectivity index is 1.99. The number of aromatic nitrogens is 3. The predicted octanol–water partition coefficient (Wildman–Crippen LogP) is 2.00. The average Bonchev–Trinajstić information content (AvgIpc) is 2.76. The highest BCUT2D eigenvalue weighted by Crippen LogP contribution is 2.37. The van der Waals surface area contributed by atoms with Gasteiger partial charge >= 0.3 is 0 Å². The largest absolute Gasteiger partial charge is 0.348 e. The smallest absolute Gasteiger partial charge is 0.243 e. The van der Waals surface area contributed by atoms with Gasteiger partial charge in [0, 0.05) is 11.7 Å². The van der Waals surface area contributed by atoms with Crippen molar-refractivity contribution in [1.82, 2.24) is 14.6 Å². The van der Waals surface area contributed by atoms with Crippen LogP contribution in [0.1, 0.15) is 25.3 Å². The van der Waals surface area contributed by atoms with Crippen LogP contribution in [0.4, 0.5) is 5.95 Å². The molecule has 3 rings (SSSR count). The van der Waals surface area contributed by atoms with Crippen LogP contribution in [-0.2, 0) is 0 Å². The quantitative estimate of drug-likeness (QED) is 0.810. The molecule has 1 saturated carbocycles. The van der Waals surface area contributed by atoms with Crippen LogP contribution in [-0.4, -0.2) is 20.1 Å². The fraction of sp³-hybridized carbons (Fsp3) is 0.455. The lowest BCUT2D eigenvalue weighted by Gasteiger charge is -2.07. The molecule has 0 spiro atoms. The lowest BCUT2D eigenvalue weighted by atomic mass is 10.3. The molecule has 0 saturated heterocycles. The molecule has 15 heavy (non-hydrogen) atoms. The summed E-state index contributed by atoms with van der Waals surface area (Å²) in [5, 5.41) is 7.73. The number of rotatable bonds is 2. The molecule has 0 atom stereocenters. The molecule has 0 bridgehead atoms. The van der Waals surface area contributed by atoms with Crippen LogP contribution in [0.5, 0.6) is 0 Å². The van der Waals surface area contributed by atoms with E-state index in [2.05, 4.69) is 29.2 Å². The first-order valence-electron chi connectivity index (χ1n) is 5.26. The number of aryl methyl sites for hydroxylation is 1. The third-order valence-electron chi connectivity index (χ3n) is 2.91. The van der Waals surface area contributed by atoms with Crippen LogP contribution in [0.15, 0.2) is 18.3 Å². The molecule has 1 N–H and O–H groups in total. The first-order valence-corrected chi connectivity index (χ1v) is 5.26. The van der Waals surface area contributed by atoms with Crippen molar-refractivity contribution in [3.8, 4) is 0 Å². The van der Waals surface area contributed by atoms with Gasteiger partial charge < -0.3 is 5.32 Å². The molecule has 0 aromatic carbocycles. The minimum atomic E-state index is 0.236. The van der Waals surface area contributed by atoms with E-state index in [9.17, 15) is 0 Å². The second-order valence-electron chi connectivity index (χ2n) is 4.63. The number of fused-ring (bicyclic) bond motifs is 1. The van der Waals surface area contributed by atoms with E-state index < -0.39 is 0 Å². The number of pyridine rings is 1. The van der Waals surface area contributed by atoms with Gasteiger partial charge in [-0.05, 0) is 44.4 Å². The summed E-state index contributed by atoms with van der Waals surface area (Å²) in [6.45, 7) is 4.26. The Morgan fingerprint density at radius 2 is 2.27 bits per heavy atom. The van der Waals surface area contributed by atoms with Crippen LogP contribution in [0, 0.1) is 6.92 Å². The summed E-state index contributed by atoms with van der Waals surface area (Å²) in [5.74, 6) is 0.737. The summed E-state index contributed by atoms with van der Waals surface area (Å²) >= 11 is 0. The monoisotopic (exact) mass is 202 g/mol. The van der Waals surface area contributed by atoms with Gasteiger partial charge in [0.2, 0.25) is 5.95 Å². The van der Waals surface area contributed by atoms with Gasteiger partial charge in [-0.2, -0.15) is 4.98 Å². The second-order valence-corrected chi connectivity index (χ2v) is 4.63. The number of hydrogen-bond donors (Lipinski definition) is 1. The minimum Gasteiger partial charge on any atom is -0.348 e. The molecule has 0 amide bonds. The highest BCUT2D eigenvalue weighted by Gasteiger charge is 2.38. The molecule has 1 aliphatic rings. The Morgan fingerprint density at radius 3 is 3.00 bits per heavy atom. The first kappa shape index (κ1) is 8.71. The minimum absolute atomic E-state index is 0.236. The topological polar surface area (TPSA) is 42.2 Å². The number of anilines is 1. The molecule has 1 aliphatic carbocycles. The molecule has 4 nitrogen and oxygen atoms in total. The Morgan fingerprint density at radius 1 is 1.47 bits per heavy atom. The fourth-order valence-electron chi connectivity index (χ4n) is 1.62. The van der Waals surface area contributed by atoms with Crippen LogP contribution < -0.4 is 5.32 Å². The molecular weight excluding hydrogens is 188 g/mol. The van der Waals surface area contributed by atoms with E-state index in [4.69, 9.17) is 0 Å². The van der Waals surface area contributed by atoms with E-state index in [0.29, 0.717) is 0 Å². The third kappa shape index (κ3) is 1.56. The van der Waals surface area contributed by atoms with Crippen molar-refractivity contribution in [3.63, 3.8) is 0 Å². The predicted molar refractivity (Wildman–Crippen MR) is 59.0 cm³/mol. The summed E-state index contributed by atoms with van der Waals surface area (Å²) in [4.78, 5) is 4.44. The van der Waals surface area contributed by atoms with E-state index in [1.807, 2.05) is 18.3 Å². The molecular formula is C11H14N4. The van der Waals surface area contributed by atoms with Gasteiger partial charge in [-0.15, -0.1) is 5.10 Å². The fourth-order valence-corrected chi connectivity index (χ4v) is 1.62. The Bertz CT molecular complexity index is 510. The van der Waals surface area contributed by atoms with E-state index in [1.165, 1.54) is 18.4 Å². The summed E-state index contributed by atoms with van der Waals surface area (Å²) in [6.07, 6.45) is 4.36. The van der Waals surface area contributed by atoms with E-state index in [0.717, 1.165) is 11.6 Å². The number of nitrogens with one attached hydrogen (secondary N) is 1. The average molecular weight is 202 g/mol. The maximum absolute atomic E-state index is 4.44. The van der Waals surface area contributed by atoms with Gasteiger partial charge in [0.25, 0.3) is 0 Å². The van der Waals surface area contributed by atoms with Crippen molar-refractivity contribution < 1.29 is 0 Å². The molecule has 2 heterocycles. The van der Waals surface area contributed by atoms with Gasteiger partial charge in [0.15, 0.2) is 5.65 Å². The van der Waals surface area contributed by atoms with Gasteiger partial charge in [-0.3, -0.25) is 0 Å². The number of hydrogen-bond acceptors (Lipinski definition) is 3. The Kier molecular flexibility index (Phi) is 1.58. The second kappa shape index (κ2) is 2.72. The Labute approximate surface area is 88.3 Å². The molecule has 0 unspecified atom stereocenters. The van der Waals surface area contributed by atoms with Crippen LogP contribution in [0.2, 0.25) is 0 Å². The van der Waals surface area contributed by atoms with Crippen LogP contribution >= 0.6 is 0 Å². The van der Waals surface area contributed by atoms with Gasteiger partial charge in [0.1, 0.15) is 0 Å². The number of nitrogens with zero attached hydrogens (tertiary/aromatic N) is 3. The zero-order valence-corrected chi connectivity index (χ0v) is 8.99. The highest BCUT2D eigenvalue weighted by molar-refractivity contribution is 5.46. The van der Waals surface area contributed by atoms with Gasteiger partial charge in [-0.1, -0.05) is 0 Å². The summed E-state index contributed by atoms with van der Waals surface area (Å²) in [7, 11) is 0. The maximum Gasteiger partial charge on any atom is 0.243 e. The molecule has 4 heteroatoms. The van der Waals surface area contributed by atoms with Crippen LogP contribution in [0.25, 0.3) is 5.65 Å². The standard InChI is InChI=1S/C11H14N4/c1-8-3-6-15-9(7-8)12-10(14-15)13-11(2)4-5-11/h3,6-7H,4-5H2,1-2H3,(H,13,14). The highest BCUT2D eigenvalue weighted by atomic mass is 15.4. The third-order valence-corrected chi connectivity index (χ3v) is 2.91. The molecule has 1 fully saturated rings. The summed E-state index contributed by atoms with van der Waals surface area (Å²) in [5.41, 5.74) is 2.35. The summed E-state index contributed by atoms with van der Waals surface area (Å²) in [6, 6.07) is 4.07. The van der Waals surface area contributed by atoms with Gasteiger partial charge in [-0.25, -0.2) is 4.52 Å². The van der Waals surface area contributed by atoms with E-state index in [1.54, 1.807) is 4.52 Å². The van der Waals surface area contributed by atoms with Crippen LogP contribution in [0.3, 0.4) is 0 Å². The van der Waals surface area contributed by atoms with Gasteiger partial charge in [0.05, 0.1) is 0 Å². The molecule has 2 aromatic rings. The molecule has 2 aromatic heterocycles. The van der Waals surface area contributed by atoms with Crippen molar-refractivity contribution in [2.45, 2.75) is 32.2 Å². The molecule has 0 aliphatic heterocycles. The Hall–Kier alpha value is -1.58. The zero-order valence-electron chi connectivity index (χ0n) is 8.99. The SMILES string of the molecule is Cc1ccn2nc(NC3(C)CC3)nc2c1. The van der Waals surface area contributed by atoms with E-state index >= 15 is 0 Å². The van der Waals surface area contributed by atoms with Crippen molar-refractivity contribution in [2.24, 2.45) is 0 Å². The zero-order chi connectivity index (χ0) is 10.5. The van der Waals surface area contributed by atoms with Crippen molar-refractivity contribution >= 4 is 11.6 Å².